The van der Waals surface area contributed by atoms with Gasteiger partial charge in [-0.15, -0.1) is 0 Å². The molecule has 2 heterocycles. The molecular weight excluding hydrogens is 176 g/mol. The monoisotopic (exact) mass is 188 g/mol. The third-order valence-corrected chi connectivity index (χ3v) is 2.14. The van der Waals surface area contributed by atoms with Crippen molar-refractivity contribution in [3.63, 3.8) is 0 Å². The first-order chi connectivity index (χ1) is 6.90. The Morgan fingerprint density at radius 2 is 2.14 bits per heavy atom. The van der Waals surface area contributed by atoms with Crippen molar-refractivity contribution >= 4 is 0 Å². The van der Waals surface area contributed by atoms with Gasteiger partial charge in [0.1, 0.15) is 0 Å². The zero-order chi connectivity index (χ0) is 9.80. The minimum absolute atomic E-state index is 0.0693. The van der Waals surface area contributed by atoms with Gasteiger partial charge >= 0.3 is 0 Å². The highest BCUT2D eigenvalue weighted by Gasteiger charge is 2.00. The summed E-state index contributed by atoms with van der Waals surface area (Å²) in [6, 6.07) is 9.66. The van der Waals surface area contributed by atoms with Gasteiger partial charge in [-0.3, -0.25) is 4.98 Å². The predicted octanol–water partition coefficient (Wildman–Crippen LogP) is 1.42. The lowest BCUT2D eigenvalue weighted by Crippen LogP contribution is -2.04. The van der Waals surface area contributed by atoms with E-state index in [4.69, 9.17) is 5.11 Å². The first kappa shape index (κ1) is 8.97. The molecule has 0 aliphatic rings. The van der Waals surface area contributed by atoms with Gasteiger partial charge in [-0.1, -0.05) is 6.07 Å². The Labute approximate surface area is 82.7 Å². The molecule has 0 atom stereocenters. The van der Waals surface area contributed by atoms with E-state index in [9.17, 15) is 0 Å². The van der Waals surface area contributed by atoms with E-state index in [-0.39, 0.29) is 6.61 Å². The Morgan fingerprint density at radius 1 is 1.21 bits per heavy atom. The van der Waals surface area contributed by atoms with Crippen molar-refractivity contribution in [1.29, 1.82) is 0 Å². The van der Waals surface area contributed by atoms with Crippen LogP contribution in [0.1, 0.15) is 11.4 Å². The number of aliphatic hydroxyl groups excluding tert-OH is 1. The van der Waals surface area contributed by atoms with Crippen LogP contribution in [0.4, 0.5) is 0 Å². The van der Waals surface area contributed by atoms with Gasteiger partial charge in [0.2, 0.25) is 0 Å². The SMILES string of the molecule is OCc1cccn1Cc1ccccn1. The van der Waals surface area contributed by atoms with Crippen LogP contribution in [0.2, 0.25) is 0 Å². The number of rotatable bonds is 3. The maximum Gasteiger partial charge on any atom is 0.0832 e. The van der Waals surface area contributed by atoms with Gasteiger partial charge in [-0.2, -0.15) is 0 Å². The van der Waals surface area contributed by atoms with Crippen LogP contribution >= 0.6 is 0 Å². The van der Waals surface area contributed by atoms with Crippen LogP contribution in [-0.2, 0) is 13.2 Å². The van der Waals surface area contributed by atoms with Gasteiger partial charge in [-0.25, -0.2) is 0 Å². The smallest absolute Gasteiger partial charge is 0.0832 e. The summed E-state index contributed by atoms with van der Waals surface area (Å²) in [5.74, 6) is 0. The van der Waals surface area contributed by atoms with Crippen molar-refractivity contribution in [3.8, 4) is 0 Å². The predicted molar refractivity (Wildman–Crippen MR) is 53.7 cm³/mol. The van der Waals surface area contributed by atoms with Crippen molar-refractivity contribution in [2.45, 2.75) is 13.2 Å². The molecule has 0 saturated carbocycles. The van der Waals surface area contributed by atoms with Gasteiger partial charge in [-0.05, 0) is 24.3 Å². The standard InChI is InChI=1S/C11H12N2O/c14-9-11-5-3-7-13(11)8-10-4-1-2-6-12-10/h1-7,14H,8-9H2. The van der Waals surface area contributed by atoms with Crippen LogP contribution in [-0.4, -0.2) is 14.7 Å². The molecule has 0 aromatic carbocycles. The summed E-state index contributed by atoms with van der Waals surface area (Å²) in [7, 11) is 0. The van der Waals surface area contributed by atoms with Crippen LogP contribution in [0.15, 0.2) is 42.7 Å². The molecule has 3 heteroatoms. The molecular formula is C11H12N2O. The van der Waals surface area contributed by atoms with E-state index in [0.717, 1.165) is 11.4 Å². The van der Waals surface area contributed by atoms with Gasteiger partial charge in [0.05, 0.1) is 18.8 Å². The van der Waals surface area contributed by atoms with E-state index in [1.54, 1.807) is 6.20 Å². The molecule has 72 valence electrons. The topological polar surface area (TPSA) is 38.0 Å². The first-order valence-electron chi connectivity index (χ1n) is 4.55. The molecule has 0 fully saturated rings. The van der Waals surface area contributed by atoms with Gasteiger partial charge in [0.25, 0.3) is 0 Å². The molecule has 14 heavy (non-hydrogen) atoms. The van der Waals surface area contributed by atoms with Crippen molar-refractivity contribution in [2.24, 2.45) is 0 Å². The van der Waals surface area contributed by atoms with Crippen molar-refractivity contribution < 1.29 is 5.11 Å². The molecule has 0 aliphatic heterocycles. The Hall–Kier alpha value is -1.61. The zero-order valence-corrected chi connectivity index (χ0v) is 7.80. The fourth-order valence-electron chi connectivity index (χ4n) is 1.41. The van der Waals surface area contributed by atoms with Crippen LogP contribution in [0.3, 0.4) is 0 Å². The molecule has 2 rings (SSSR count). The van der Waals surface area contributed by atoms with Crippen LogP contribution < -0.4 is 0 Å². The normalized spacial score (nSPS) is 10.4. The Balaban J connectivity index is 2.19. The maximum atomic E-state index is 9.04. The molecule has 0 spiro atoms. The van der Waals surface area contributed by atoms with E-state index >= 15 is 0 Å². The summed E-state index contributed by atoms with van der Waals surface area (Å²) in [5, 5.41) is 9.04. The number of pyridine rings is 1. The summed E-state index contributed by atoms with van der Waals surface area (Å²) in [6.07, 6.45) is 3.72. The van der Waals surface area contributed by atoms with Crippen molar-refractivity contribution in [1.82, 2.24) is 9.55 Å². The van der Waals surface area contributed by atoms with Crippen molar-refractivity contribution in [3.05, 3.63) is 54.1 Å². The second kappa shape index (κ2) is 4.07. The molecule has 1 N–H and O–H groups in total. The van der Waals surface area contributed by atoms with E-state index in [2.05, 4.69) is 4.98 Å². The molecule has 0 aliphatic carbocycles. The van der Waals surface area contributed by atoms with Crippen LogP contribution in [0.5, 0.6) is 0 Å². The average molecular weight is 188 g/mol. The van der Waals surface area contributed by atoms with Gasteiger partial charge in [0.15, 0.2) is 0 Å². The molecule has 3 nitrogen and oxygen atoms in total. The average Bonchev–Trinajstić information content (AvgIpc) is 2.67. The Kier molecular flexibility index (Phi) is 2.60. The number of aliphatic hydroxyl groups is 1. The quantitative estimate of drug-likeness (QED) is 0.791. The fourth-order valence-corrected chi connectivity index (χ4v) is 1.41. The minimum atomic E-state index is 0.0693. The van der Waals surface area contributed by atoms with Crippen LogP contribution in [0, 0.1) is 0 Å². The van der Waals surface area contributed by atoms with E-state index in [1.165, 1.54) is 0 Å². The summed E-state index contributed by atoms with van der Waals surface area (Å²) >= 11 is 0. The maximum absolute atomic E-state index is 9.04. The van der Waals surface area contributed by atoms with E-state index < -0.39 is 0 Å². The molecule has 2 aromatic heterocycles. The Morgan fingerprint density at radius 3 is 2.86 bits per heavy atom. The number of hydrogen-bond donors (Lipinski definition) is 1. The minimum Gasteiger partial charge on any atom is -0.390 e. The van der Waals surface area contributed by atoms with E-state index in [1.807, 2.05) is 41.1 Å². The second-order valence-electron chi connectivity index (χ2n) is 3.11. The summed E-state index contributed by atoms with van der Waals surface area (Å²) in [4.78, 5) is 4.23. The zero-order valence-electron chi connectivity index (χ0n) is 7.80. The Bertz CT molecular complexity index is 395. The molecule has 2 aromatic rings. The highest BCUT2D eigenvalue weighted by atomic mass is 16.3. The fraction of sp³-hybridized carbons (Fsp3) is 0.182. The number of aromatic nitrogens is 2. The van der Waals surface area contributed by atoms with Crippen molar-refractivity contribution in [2.75, 3.05) is 0 Å². The van der Waals surface area contributed by atoms with Gasteiger partial charge < -0.3 is 9.67 Å². The molecule has 0 radical (unpaired) electrons. The lowest BCUT2D eigenvalue weighted by Gasteiger charge is -2.05. The molecule has 0 saturated heterocycles. The third kappa shape index (κ3) is 1.83. The first-order valence-corrected chi connectivity index (χ1v) is 4.55. The summed E-state index contributed by atoms with van der Waals surface area (Å²) in [6.45, 7) is 0.781. The molecule has 0 unspecified atom stereocenters. The highest BCUT2D eigenvalue weighted by Crippen LogP contribution is 2.05. The summed E-state index contributed by atoms with van der Waals surface area (Å²) in [5.41, 5.74) is 1.91. The second-order valence-corrected chi connectivity index (χ2v) is 3.11. The lowest BCUT2D eigenvalue weighted by atomic mass is 10.3. The van der Waals surface area contributed by atoms with E-state index in [0.29, 0.717) is 6.54 Å². The third-order valence-electron chi connectivity index (χ3n) is 2.14. The largest absolute Gasteiger partial charge is 0.390 e. The van der Waals surface area contributed by atoms with Crippen LogP contribution in [0.25, 0.3) is 0 Å². The lowest BCUT2D eigenvalue weighted by molar-refractivity contribution is 0.271. The summed E-state index contributed by atoms with van der Waals surface area (Å²) < 4.78 is 1.99. The highest BCUT2D eigenvalue weighted by molar-refractivity contribution is 5.10. The number of nitrogens with zero attached hydrogens (tertiary/aromatic N) is 2. The molecule has 0 bridgehead atoms. The van der Waals surface area contributed by atoms with Gasteiger partial charge in [0, 0.05) is 18.1 Å². The number of hydrogen-bond acceptors (Lipinski definition) is 2. The molecule has 0 amide bonds.